The van der Waals surface area contributed by atoms with Gasteiger partial charge in [0.2, 0.25) is 5.91 Å². The molecule has 2 heterocycles. The summed E-state index contributed by atoms with van der Waals surface area (Å²) in [4.78, 5) is 51.0. The normalized spacial score (nSPS) is 18.9. The van der Waals surface area contributed by atoms with Gasteiger partial charge in [-0.25, -0.2) is 8.78 Å². The standard InChI is InChI=1S/C28H31F2N5O5/c1-14(2)9-21(32-24(36)17-7-6-8-34(4)26(17)38)25(37)33-28(12-19(28)27(39)40)18-10-16(11-20(29)22(18)30)23-15(3)13-31-35(23)5/h6-8,10-11,13-14,19,21H,9,12H2,1-5H3,(H,32,36)(H,33,37)(H,39,40)/t19?,21-,28?/m0/s1. The fourth-order valence-corrected chi connectivity index (χ4v) is 5.09. The van der Waals surface area contributed by atoms with Crippen LogP contribution in [0.25, 0.3) is 11.3 Å². The highest BCUT2D eigenvalue weighted by Crippen LogP contribution is 2.54. The molecule has 3 aromatic rings. The monoisotopic (exact) mass is 555 g/mol. The molecule has 4 rings (SSSR count). The van der Waals surface area contributed by atoms with E-state index in [4.69, 9.17) is 0 Å². The number of nitrogens with zero attached hydrogens (tertiary/aromatic N) is 3. The third-order valence-electron chi connectivity index (χ3n) is 7.21. The van der Waals surface area contributed by atoms with Crippen LogP contribution >= 0.6 is 0 Å². The Hall–Kier alpha value is -4.35. The quantitative estimate of drug-likeness (QED) is 0.372. The Morgan fingerprint density at radius 1 is 1.23 bits per heavy atom. The Bertz CT molecular complexity index is 1540. The number of halogens is 2. The van der Waals surface area contributed by atoms with E-state index in [2.05, 4.69) is 15.7 Å². The van der Waals surface area contributed by atoms with Crippen LogP contribution in [0.5, 0.6) is 0 Å². The predicted octanol–water partition coefficient (Wildman–Crippen LogP) is 2.63. The van der Waals surface area contributed by atoms with Crippen LogP contribution < -0.4 is 16.2 Å². The van der Waals surface area contributed by atoms with Crippen molar-refractivity contribution in [2.45, 2.75) is 45.2 Å². The van der Waals surface area contributed by atoms with E-state index in [1.807, 2.05) is 13.8 Å². The second-order valence-corrected chi connectivity index (χ2v) is 10.7. The van der Waals surface area contributed by atoms with E-state index < -0.39 is 52.5 Å². The van der Waals surface area contributed by atoms with Gasteiger partial charge in [-0.2, -0.15) is 5.10 Å². The van der Waals surface area contributed by atoms with Gasteiger partial charge in [-0.05, 0) is 55.5 Å². The van der Waals surface area contributed by atoms with Crippen molar-refractivity contribution in [3.05, 3.63) is 75.3 Å². The third-order valence-corrected chi connectivity index (χ3v) is 7.21. The van der Waals surface area contributed by atoms with Crippen molar-refractivity contribution in [2.75, 3.05) is 0 Å². The maximum Gasteiger partial charge on any atom is 0.309 e. The molecule has 212 valence electrons. The van der Waals surface area contributed by atoms with Crippen molar-refractivity contribution in [2.24, 2.45) is 25.9 Å². The number of rotatable bonds is 9. The smallest absolute Gasteiger partial charge is 0.309 e. The van der Waals surface area contributed by atoms with Crippen LogP contribution in [0.1, 0.15) is 48.2 Å². The van der Waals surface area contributed by atoms with Gasteiger partial charge in [0, 0.05) is 31.4 Å². The average molecular weight is 556 g/mol. The highest BCUT2D eigenvalue weighted by molar-refractivity contribution is 5.97. The summed E-state index contributed by atoms with van der Waals surface area (Å²) in [7, 11) is 3.12. The molecule has 1 fully saturated rings. The summed E-state index contributed by atoms with van der Waals surface area (Å²) < 4.78 is 33.0. The first-order valence-corrected chi connectivity index (χ1v) is 12.8. The van der Waals surface area contributed by atoms with Gasteiger partial charge >= 0.3 is 5.97 Å². The summed E-state index contributed by atoms with van der Waals surface area (Å²) in [6, 6.07) is 3.99. The number of benzene rings is 1. The number of aliphatic carboxylic acids is 1. The molecule has 1 aliphatic rings. The first kappa shape index (κ1) is 28.7. The van der Waals surface area contributed by atoms with E-state index in [-0.39, 0.29) is 35.4 Å². The summed E-state index contributed by atoms with van der Waals surface area (Å²) in [5, 5.41) is 19.1. The van der Waals surface area contributed by atoms with Crippen LogP contribution in [0, 0.1) is 30.4 Å². The molecule has 40 heavy (non-hydrogen) atoms. The molecular formula is C28H31F2N5O5. The summed E-state index contributed by atoms with van der Waals surface area (Å²) in [5.41, 5.74) is -1.34. The van der Waals surface area contributed by atoms with E-state index in [9.17, 15) is 28.7 Å². The average Bonchev–Trinajstić information content (AvgIpc) is 3.51. The molecule has 0 bridgehead atoms. The van der Waals surface area contributed by atoms with Crippen LogP contribution in [-0.4, -0.2) is 43.3 Å². The molecule has 10 nitrogen and oxygen atoms in total. The summed E-state index contributed by atoms with van der Waals surface area (Å²) in [6.07, 6.45) is 3.00. The largest absolute Gasteiger partial charge is 0.481 e. The van der Waals surface area contributed by atoms with Gasteiger partial charge in [0.15, 0.2) is 11.6 Å². The van der Waals surface area contributed by atoms with Crippen molar-refractivity contribution < 1.29 is 28.3 Å². The van der Waals surface area contributed by atoms with E-state index in [0.717, 1.165) is 6.07 Å². The lowest BCUT2D eigenvalue weighted by Crippen LogP contribution is -2.52. The van der Waals surface area contributed by atoms with Crippen LogP contribution in [0.15, 0.2) is 41.5 Å². The minimum atomic E-state index is -1.75. The van der Waals surface area contributed by atoms with E-state index >= 15 is 4.39 Å². The molecule has 2 unspecified atom stereocenters. The number of aryl methyl sites for hydroxylation is 3. The molecule has 12 heteroatoms. The van der Waals surface area contributed by atoms with Crippen LogP contribution in [0.4, 0.5) is 8.78 Å². The number of carbonyl (C=O) groups excluding carboxylic acids is 2. The lowest BCUT2D eigenvalue weighted by Gasteiger charge is -2.26. The maximum atomic E-state index is 15.3. The molecule has 3 atom stereocenters. The van der Waals surface area contributed by atoms with Crippen LogP contribution in [0.2, 0.25) is 0 Å². The number of carboxylic acid groups (broad SMARTS) is 1. The van der Waals surface area contributed by atoms with Gasteiger partial charge < -0.3 is 20.3 Å². The first-order valence-electron chi connectivity index (χ1n) is 12.8. The van der Waals surface area contributed by atoms with Gasteiger partial charge in [-0.3, -0.25) is 23.9 Å². The molecular weight excluding hydrogens is 524 g/mol. The molecule has 2 aromatic heterocycles. The molecule has 2 amide bonds. The summed E-state index contributed by atoms with van der Waals surface area (Å²) in [5.74, 6) is -6.66. The van der Waals surface area contributed by atoms with Crippen molar-refractivity contribution >= 4 is 17.8 Å². The topological polar surface area (TPSA) is 135 Å². The number of nitrogens with one attached hydrogen (secondary N) is 2. The Balaban J connectivity index is 1.72. The van der Waals surface area contributed by atoms with Gasteiger partial charge in [-0.15, -0.1) is 0 Å². The Kier molecular flexibility index (Phi) is 7.64. The second-order valence-electron chi connectivity index (χ2n) is 10.7. The molecule has 0 aliphatic heterocycles. The molecule has 1 aliphatic carbocycles. The third kappa shape index (κ3) is 5.25. The molecule has 1 saturated carbocycles. The highest BCUT2D eigenvalue weighted by Gasteiger charge is 2.62. The van der Waals surface area contributed by atoms with Gasteiger partial charge in [-0.1, -0.05) is 13.8 Å². The Labute approximate surface area is 229 Å². The zero-order valence-corrected chi connectivity index (χ0v) is 22.8. The number of pyridine rings is 1. The minimum absolute atomic E-state index is 0.0922. The Morgan fingerprint density at radius 3 is 2.50 bits per heavy atom. The van der Waals surface area contributed by atoms with Crippen molar-refractivity contribution in [3.63, 3.8) is 0 Å². The second kappa shape index (κ2) is 10.7. The Morgan fingerprint density at radius 2 is 1.93 bits per heavy atom. The fraction of sp³-hybridized carbons (Fsp3) is 0.393. The molecule has 0 spiro atoms. The van der Waals surface area contributed by atoms with Gasteiger partial charge in [0.05, 0.1) is 23.3 Å². The van der Waals surface area contributed by atoms with Crippen molar-refractivity contribution in [1.29, 1.82) is 0 Å². The highest BCUT2D eigenvalue weighted by atomic mass is 19.2. The van der Waals surface area contributed by atoms with Gasteiger partial charge in [0.1, 0.15) is 11.6 Å². The van der Waals surface area contributed by atoms with E-state index in [1.165, 1.54) is 40.7 Å². The fourth-order valence-electron chi connectivity index (χ4n) is 5.09. The molecule has 1 aromatic carbocycles. The first-order chi connectivity index (χ1) is 18.8. The zero-order chi connectivity index (χ0) is 29.5. The lowest BCUT2D eigenvalue weighted by atomic mass is 9.95. The maximum absolute atomic E-state index is 15.3. The van der Waals surface area contributed by atoms with Crippen molar-refractivity contribution in [1.82, 2.24) is 25.0 Å². The number of hydrogen-bond donors (Lipinski definition) is 3. The summed E-state index contributed by atoms with van der Waals surface area (Å²) in [6.45, 7) is 5.38. The predicted molar refractivity (Wildman–Crippen MR) is 141 cm³/mol. The zero-order valence-electron chi connectivity index (χ0n) is 22.8. The van der Waals surface area contributed by atoms with Crippen LogP contribution in [0.3, 0.4) is 0 Å². The number of carbonyl (C=O) groups is 3. The molecule has 0 radical (unpaired) electrons. The van der Waals surface area contributed by atoms with E-state index in [1.54, 1.807) is 20.2 Å². The number of amides is 2. The van der Waals surface area contributed by atoms with Gasteiger partial charge in [0.25, 0.3) is 11.5 Å². The van der Waals surface area contributed by atoms with Crippen LogP contribution in [-0.2, 0) is 29.2 Å². The number of carboxylic acids is 1. The van der Waals surface area contributed by atoms with E-state index in [0.29, 0.717) is 11.3 Å². The molecule has 0 saturated heterocycles. The molecule has 3 N–H and O–H groups in total. The summed E-state index contributed by atoms with van der Waals surface area (Å²) >= 11 is 0. The van der Waals surface area contributed by atoms with Crippen molar-refractivity contribution in [3.8, 4) is 11.3 Å². The lowest BCUT2D eigenvalue weighted by molar-refractivity contribution is -0.139. The minimum Gasteiger partial charge on any atom is -0.481 e. The number of aromatic nitrogens is 3. The number of hydrogen-bond acceptors (Lipinski definition) is 5. The SMILES string of the molecule is Cc1cnn(C)c1-c1cc(F)c(F)c(C2(NC(=O)[C@H](CC(C)C)NC(=O)c3cccn(C)c3=O)CC2C(=O)O)c1.